The van der Waals surface area contributed by atoms with Crippen molar-refractivity contribution in [2.24, 2.45) is 0 Å². The summed E-state index contributed by atoms with van der Waals surface area (Å²) in [7, 11) is 0. The smallest absolute Gasteiger partial charge is 0.0991 e. The first kappa shape index (κ1) is 14.3. The van der Waals surface area contributed by atoms with E-state index in [1.54, 1.807) is 0 Å². The van der Waals surface area contributed by atoms with Gasteiger partial charge in [0.25, 0.3) is 0 Å². The zero-order chi connectivity index (χ0) is 14.4. The lowest BCUT2D eigenvalue weighted by molar-refractivity contribution is 0.507. The predicted octanol–water partition coefficient (Wildman–Crippen LogP) is 2.80. The van der Waals surface area contributed by atoms with Crippen molar-refractivity contribution < 1.29 is 0 Å². The van der Waals surface area contributed by atoms with Gasteiger partial charge in [0.2, 0.25) is 0 Å². The molecule has 0 amide bonds. The molecule has 104 valence electrons. The van der Waals surface area contributed by atoms with Crippen molar-refractivity contribution in [1.82, 2.24) is 15.1 Å². The number of nitriles is 1. The molecule has 0 fully saturated rings. The summed E-state index contributed by atoms with van der Waals surface area (Å²) in [6, 6.07) is 10.2. The Kier molecular flexibility index (Phi) is 4.91. The number of hydrogen-bond acceptors (Lipinski definition) is 3. The van der Waals surface area contributed by atoms with E-state index in [1.807, 2.05) is 36.0 Å². The maximum absolute atomic E-state index is 8.91. The average Bonchev–Trinajstić information content (AvgIpc) is 2.89. The molecule has 1 aromatic heterocycles. The van der Waals surface area contributed by atoms with E-state index in [0.717, 1.165) is 25.1 Å². The van der Waals surface area contributed by atoms with Crippen molar-refractivity contribution >= 4 is 0 Å². The zero-order valence-corrected chi connectivity index (χ0v) is 12.0. The SMILES string of the molecule is Cc1cnn(CCCNC(C)c2cccc(C#N)c2)c1. The first-order valence-corrected chi connectivity index (χ1v) is 6.91. The fraction of sp³-hybridized carbons (Fsp3) is 0.375. The summed E-state index contributed by atoms with van der Waals surface area (Å²) in [5.41, 5.74) is 3.06. The first-order valence-electron chi connectivity index (χ1n) is 6.91. The van der Waals surface area contributed by atoms with E-state index in [9.17, 15) is 0 Å². The van der Waals surface area contributed by atoms with Crippen molar-refractivity contribution in [2.45, 2.75) is 32.9 Å². The Morgan fingerprint density at radius 3 is 3.00 bits per heavy atom. The van der Waals surface area contributed by atoms with Gasteiger partial charge in [-0.3, -0.25) is 4.68 Å². The summed E-state index contributed by atoms with van der Waals surface area (Å²) >= 11 is 0. The summed E-state index contributed by atoms with van der Waals surface area (Å²) in [6.07, 6.45) is 4.96. The fourth-order valence-corrected chi connectivity index (χ4v) is 2.14. The molecule has 0 saturated heterocycles. The number of nitrogens with one attached hydrogen (secondary N) is 1. The van der Waals surface area contributed by atoms with Crippen LogP contribution in [0.3, 0.4) is 0 Å². The Morgan fingerprint density at radius 1 is 1.45 bits per heavy atom. The molecule has 1 heterocycles. The second-order valence-electron chi connectivity index (χ2n) is 5.05. The van der Waals surface area contributed by atoms with Gasteiger partial charge in [-0.15, -0.1) is 0 Å². The number of aromatic nitrogens is 2. The summed E-state index contributed by atoms with van der Waals surface area (Å²) in [4.78, 5) is 0. The minimum absolute atomic E-state index is 0.252. The molecule has 0 aliphatic carbocycles. The number of rotatable bonds is 6. The van der Waals surface area contributed by atoms with Gasteiger partial charge in [0, 0.05) is 18.8 Å². The zero-order valence-electron chi connectivity index (χ0n) is 12.0. The largest absolute Gasteiger partial charge is 0.310 e. The summed E-state index contributed by atoms with van der Waals surface area (Å²) in [5, 5.41) is 16.6. The molecule has 0 aliphatic heterocycles. The van der Waals surface area contributed by atoms with Gasteiger partial charge in [0.15, 0.2) is 0 Å². The van der Waals surface area contributed by atoms with Gasteiger partial charge in [-0.05, 0) is 50.1 Å². The van der Waals surface area contributed by atoms with E-state index in [0.29, 0.717) is 5.56 Å². The second-order valence-corrected chi connectivity index (χ2v) is 5.05. The molecule has 4 heteroatoms. The Balaban J connectivity index is 1.77. The Morgan fingerprint density at radius 2 is 2.30 bits per heavy atom. The van der Waals surface area contributed by atoms with E-state index in [2.05, 4.69) is 35.7 Å². The maximum Gasteiger partial charge on any atom is 0.0991 e. The van der Waals surface area contributed by atoms with Crippen LogP contribution in [-0.4, -0.2) is 16.3 Å². The summed E-state index contributed by atoms with van der Waals surface area (Å²) < 4.78 is 1.97. The van der Waals surface area contributed by atoms with E-state index < -0.39 is 0 Å². The summed E-state index contributed by atoms with van der Waals surface area (Å²) in [5.74, 6) is 0. The Bertz CT molecular complexity index is 595. The molecule has 0 saturated carbocycles. The maximum atomic E-state index is 8.91. The molecule has 0 aliphatic rings. The third-order valence-corrected chi connectivity index (χ3v) is 3.29. The molecule has 2 aromatic rings. The van der Waals surface area contributed by atoms with Gasteiger partial charge in [0.05, 0.1) is 17.8 Å². The predicted molar refractivity (Wildman–Crippen MR) is 79.2 cm³/mol. The molecular weight excluding hydrogens is 248 g/mol. The highest BCUT2D eigenvalue weighted by Gasteiger charge is 2.05. The number of aryl methyl sites for hydroxylation is 2. The Labute approximate surface area is 120 Å². The molecule has 20 heavy (non-hydrogen) atoms. The van der Waals surface area contributed by atoms with Crippen LogP contribution in [0, 0.1) is 18.3 Å². The van der Waals surface area contributed by atoms with E-state index in [1.165, 1.54) is 5.56 Å². The fourth-order valence-electron chi connectivity index (χ4n) is 2.14. The molecule has 2 rings (SSSR count). The minimum Gasteiger partial charge on any atom is -0.310 e. The molecule has 0 spiro atoms. The molecule has 1 atom stereocenters. The van der Waals surface area contributed by atoms with Gasteiger partial charge >= 0.3 is 0 Å². The van der Waals surface area contributed by atoms with E-state index in [4.69, 9.17) is 5.26 Å². The van der Waals surface area contributed by atoms with Gasteiger partial charge in [-0.1, -0.05) is 12.1 Å². The number of hydrogen-bond donors (Lipinski definition) is 1. The normalized spacial score (nSPS) is 12.1. The van der Waals surface area contributed by atoms with Crippen LogP contribution in [0.4, 0.5) is 0 Å². The van der Waals surface area contributed by atoms with E-state index >= 15 is 0 Å². The number of benzene rings is 1. The van der Waals surface area contributed by atoms with Crippen LogP contribution in [0.15, 0.2) is 36.7 Å². The van der Waals surface area contributed by atoms with Crippen LogP contribution in [0.5, 0.6) is 0 Å². The third kappa shape index (κ3) is 3.94. The average molecular weight is 268 g/mol. The van der Waals surface area contributed by atoms with Crippen molar-refractivity contribution in [3.63, 3.8) is 0 Å². The minimum atomic E-state index is 0.252. The third-order valence-electron chi connectivity index (χ3n) is 3.29. The van der Waals surface area contributed by atoms with Crippen LogP contribution < -0.4 is 5.32 Å². The highest BCUT2D eigenvalue weighted by molar-refractivity contribution is 5.33. The van der Waals surface area contributed by atoms with Crippen LogP contribution in [0.25, 0.3) is 0 Å². The van der Waals surface area contributed by atoms with Gasteiger partial charge in [0.1, 0.15) is 0 Å². The van der Waals surface area contributed by atoms with Crippen molar-refractivity contribution in [2.75, 3.05) is 6.54 Å². The van der Waals surface area contributed by atoms with Crippen LogP contribution >= 0.6 is 0 Å². The first-order chi connectivity index (χ1) is 9.69. The van der Waals surface area contributed by atoms with Crippen LogP contribution in [-0.2, 0) is 6.54 Å². The lowest BCUT2D eigenvalue weighted by atomic mass is 10.1. The molecule has 1 aromatic carbocycles. The van der Waals surface area contributed by atoms with Crippen LogP contribution in [0.2, 0.25) is 0 Å². The van der Waals surface area contributed by atoms with Crippen molar-refractivity contribution in [3.05, 3.63) is 53.3 Å². The highest BCUT2D eigenvalue weighted by atomic mass is 15.3. The number of nitrogens with zero attached hydrogens (tertiary/aromatic N) is 3. The second kappa shape index (κ2) is 6.88. The lowest BCUT2D eigenvalue weighted by Crippen LogP contribution is -2.21. The Hall–Kier alpha value is -2.12. The molecule has 0 bridgehead atoms. The molecule has 1 N–H and O–H groups in total. The lowest BCUT2D eigenvalue weighted by Gasteiger charge is -2.14. The van der Waals surface area contributed by atoms with Gasteiger partial charge in [-0.2, -0.15) is 10.4 Å². The van der Waals surface area contributed by atoms with E-state index in [-0.39, 0.29) is 6.04 Å². The molecule has 1 unspecified atom stereocenters. The monoisotopic (exact) mass is 268 g/mol. The van der Waals surface area contributed by atoms with Gasteiger partial charge < -0.3 is 5.32 Å². The van der Waals surface area contributed by atoms with Gasteiger partial charge in [-0.25, -0.2) is 0 Å². The quantitative estimate of drug-likeness (QED) is 0.820. The summed E-state index contributed by atoms with van der Waals surface area (Å²) in [6.45, 7) is 6.02. The van der Waals surface area contributed by atoms with Crippen molar-refractivity contribution in [1.29, 1.82) is 5.26 Å². The highest BCUT2D eigenvalue weighted by Crippen LogP contribution is 2.13. The topological polar surface area (TPSA) is 53.6 Å². The standard InChI is InChI=1S/C16H20N4/c1-13-11-19-20(12-13)8-4-7-18-14(2)16-6-3-5-15(9-16)10-17/h3,5-6,9,11-12,14,18H,4,7-8H2,1-2H3. The van der Waals surface area contributed by atoms with Crippen molar-refractivity contribution in [3.8, 4) is 6.07 Å². The molecule has 0 radical (unpaired) electrons. The van der Waals surface area contributed by atoms with Crippen LogP contribution in [0.1, 0.15) is 36.1 Å². The molecule has 4 nitrogen and oxygen atoms in total. The molecular formula is C16H20N4.